The predicted octanol–water partition coefficient (Wildman–Crippen LogP) is 5.32. The number of carbonyl (C=O) groups excluding carboxylic acids is 2. The standard InChI is InChI=1S/C27H24ClN3O5/c1-3-35-25-13-18(12-19(15-29)27(34)31-20-7-9-22(32)10-8-20)5-11-24(25)36-16-26(33)30-21-6-4-17(2)23(28)14-21/h4-14,32H,3,16H2,1-2H3,(H,30,33)(H,31,34)/b19-12+. The quantitative estimate of drug-likeness (QED) is 0.206. The van der Waals surface area contributed by atoms with Crippen LogP contribution < -0.4 is 20.1 Å². The first-order chi connectivity index (χ1) is 17.3. The third-order valence-corrected chi connectivity index (χ3v) is 5.29. The summed E-state index contributed by atoms with van der Waals surface area (Å²) in [5, 5.41) is 24.7. The van der Waals surface area contributed by atoms with Crippen LogP contribution in [0.5, 0.6) is 17.2 Å². The van der Waals surface area contributed by atoms with E-state index in [2.05, 4.69) is 10.6 Å². The van der Waals surface area contributed by atoms with Crippen LogP contribution in [0.1, 0.15) is 18.1 Å². The van der Waals surface area contributed by atoms with Gasteiger partial charge in [0, 0.05) is 16.4 Å². The fraction of sp³-hybridized carbons (Fsp3) is 0.148. The van der Waals surface area contributed by atoms with Crippen LogP contribution in [0.15, 0.2) is 66.2 Å². The van der Waals surface area contributed by atoms with Gasteiger partial charge in [-0.05, 0) is 79.6 Å². The number of ether oxygens (including phenoxy) is 2. The first kappa shape index (κ1) is 26.1. The minimum Gasteiger partial charge on any atom is -0.508 e. The van der Waals surface area contributed by atoms with Gasteiger partial charge in [-0.2, -0.15) is 5.26 Å². The fourth-order valence-electron chi connectivity index (χ4n) is 3.07. The number of benzene rings is 3. The number of nitrogens with one attached hydrogen (secondary N) is 2. The van der Waals surface area contributed by atoms with E-state index >= 15 is 0 Å². The maximum atomic E-state index is 12.5. The van der Waals surface area contributed by atoms with E-state index in [1.165, 1.54) is 30.3 Å². The number of phenolic OH excluding ortho intramolecular Hbond substituents is 1. The molecule has 0 aromatic heterocycles. The molecule has 3 aromatic rings. The third-order valence-electron chi connectivity index (χ3n) is 4.88. The highest BCUT2D eigenvalue weighted by atomic mass is 35.5. The number of nitriles is 1. The number of hydrogen-bond donors (Lipinski definition) is 3. The van der Waals surface area contributed by atoms with Gasteiger partial charge in [-0.1, -0.05) is 23.7 Å². The van der Waals surface area contributed by atoms with Crippen molar-refractivity contribution in [2.24, 2.45) is 0 Å². The van der Waals surface area contributed by atoms with E-state index in [1.807, 2.05) is 13.0 Å². The molecule has 0 aliphatic rings. The van der Waals surface area contributed by atoms with Crippen molar-refractivity contribution in [3.8, 4) is 23.3 Å². The lowest BCUT2D eigenvalue weighted by molar-refractivity contribution is -0.118. The number of aryl methyl sites for hydroxylation is 1. The summed E-state index contributed by atoms with van der Waals surface area (Å²) >= 11 is 6.09. The van der Waals surface area contributed by atoms with E-state index in [1.54, 1.807) is 43.3 Å². The van der Waals surface area contributed by atoms with E-state index in [0.29, 0.717) is 40.1 Å². The summed E-state index contributed by atoms with van der Waals surface area (Å²) in [5.41, 5.74) is 2.29. The summed E-state index contributed by atoms with van der Waals surface area (Å²) in [6.07, 6.45) is 1.41. The van der Waals surface area contributed by atoms with Gasteiger partial charge in [0.2, 0.25) is 0 Å². The van der Waals surface area contributed by atoms with Crippen molar-refractivity contribution in [2.45, 2.75) is 13.8 Å². The molecule has 3 rings (SSSR count). The molecule has 3 N–H and O–H groups in total. The Morgan fingerprint density at radius 1 is 1.00 bits per heavy atom. The number of rotatable bonds is 9. The zero-order valence-corrected chi connectivity index (χ0v) is 20.4. The maximum absolute atomic E-state index is 12.5. The second-order valence-electron chi connectivity index (χ2n) is 7.61. The van der Waals surface area contributed by atoms with Crippen LogP contribution in [0, 0.1) is 18.3 Å². The van der Waals surface area contributed by atoms with E-state index in [4.69, 9.17) is 21.1 Å². The topological polar surface area (TPSA) is 121 Å². The van der Waals surface area contributed by atoms with Crippen molar-refractivity contribution in [2.75, 3.05) is 23.8 Å². The van der Waals surface area contributed by atoms with Crippen molar-refractivity contribution < 1.29 is 24.2 Å². The van der Waals surface area contributed by atoms with Crippen molar-refractivity contribution in [3.05, 3.63) is 82.4 Å². The Morgan fingerprint density at radius 3 is 2.39 bits per heavy atom. The number of halogens is 1. The van der Waals surface area contributed by atoms with E-state index in [0.717, 1.165) is 5.56 Å². The molecule has 0 aliphatic heterocycles. The Balaban J connectivity index is 1.70. The molecule has 0 fully saturated rings. The molecule has 9 heteroatoms. The first-order valence-electron chi connectivity index (χ1n) is 11.0. The van der Waals surface area contributed by atoms with Crippen molar-refractivity contribution >= 4 is 40.9 Å². The molecule has 0 spiro atoms. The Hall–Kier alpha value is -4.48. The maximum Gasteiger partial charge on any atom is 0.266 e. The van der Waals surface area contributed by atoms with Gasteiger partial charge in [0.15, 0.2) is 18.1 Å². The number of anilines is 2. The highest BCUT2D eigenvalue weighted by Gasteiger charge is 2.13. The molecule has 184 valence electrons. The number of phenols is 1. The van der Waals surface area contributed by atoms with Crippen molar-refractivity contribution in [1.29, 1.82) is 5.26 Å². The van der Waals surface area contributed by atoms with Gasteiger partial charge in [-0.3, -0.25) is 9.59 Å². The number of carbonyl (C=O) groups is 2. The van der Waals surface area contributed by atoms with Crippen LogP contribution in [0.3, 0.4) is 0 Å². The Kier molecular flexibility index (Phi) is 8.92. The van der Waals surface area contributed by atoms with Crippen molar-refractivity contribution in [3.63, 3.8) is 0 Å². The smallest absolute Gasteiger partial charge is 0.266 e. The minimum atomic E-state index is -0.602. The summed E-state index contributed by atoms with van der Waals surface area (Å²) < 4.78 is 11.3. The Morgan fingerprint density at radius 2 is 1.72 bits per heavy atom. The molecule has 0 bridgehead atoms. The third kappa shape index (κ3) is 7.26. The monoisotopic (exact) mass is 505 g/mol. The van der Waals surface area contributed by atoms with Crippen LogP contribution in [0.25, 0.3) is 6.08 Å². The highest BCUT2D eigenvalue weighted by Crippen LogP contribution is 2.30. The molecule has 0 atom stereocenters. The lowest BCUT2D eigenvalue weighted by atomic mass is 10.1. The lowest BCUT2D eigenvalue weighted by Gasteiger charge is -2.13. The number of aromatic hydroxyl groups is 1. The van der Waals surface area contributed by atoms with Gasteiger partial charge in [0.05, 0.1) is 6.61 Å². The van der Waals surface area contributed by atoms with Gasteiger partial charge in [0.25, 0.3) is 11.8 Å². The molecule has 2 amide bonds. The van der Waals surface area contributed by atoms with Crippen LogP contribution in [-0.2, 0) is 9.59 Å². The van der Waals surface area contributed by atoms with Crippen LogP contribution in [0.2, 0.25) is 5.02 Å². The number of amides is 2. The molecule has 0 saturated heterocycles. The Bertz CT molecular complexity index is 1330. The van der Waals surface area contributed by atoms with Crippen LogP contribution in [-0.4, -0.2) is 30.1 Å². The number of nitrogens with zero attached hydrogens (tertiary/aromatic N) is 1. The second-order valence-corrected chi connectivity index (χ2v) is 8.02. The molecule has 8 nitrogen and oxygen atoms in total. The van der Waals surface area contributed by atoms with Gasteiger partial charge in [-0.15, -0.1) is 0 Å². The van der Waals surface area contributed by atoms with Crippen molar-refractivity contribution in [1.82, 2.24) is 0 Å². The largest absolute Gasteiger partial charge is 0.508 e. The van der Waals surface area contributed by atoms with E-state index < -0.39 is 5.91 Å². The Labute approximate surface area is 213 Å². The van der Waals surface area contributed by atoms with Gasteiger partial charge >= 0.3 is 0 Å². The van der Waals surface area contributed by atoms with E-state index in [-0.39, 0.29) is 23.8 Å². The highest BCUT2D eigenvalue weighted by molar-refractivity contribution is 6.31. The SMILES string of the molecule is CCOc1cc(/C=C(\C#N)C(=O)Nc2ccc(O)cc2)ccc1OCC(=O)Nc1ccc(C)c(Cl)c1. The second kappa shape index (κ2) is 12.3. The summed E-state index contributed by atoms with van der Waals surface area (Å²) in [6.45, 7) is 3.74. The summed E-state index contributed by atoms with van der Waals surface area (Å²) in [7, 11) is 0. The predicted molar refractivity (Wildman–Crippen MR) is 138 cm³/mol. The van der Waals surface area contributed by atoms with Crippen LogP contribution in [0.4, 0.5) is 11.4 Å². The van der Waals surface area contributed by atoms with Gasteiger partial charge in [0.1, 0.15) is 17.4 Å². The van der Waals surface area contributed by atoms with Gasteiger partial charge < -0.3 is 25.2 Å². The molecule has 0 saturated carbocycles. The molecule has 0 aliphatic carbocycles. The number of hydrogen-bond acceptors (Lipinski definition) is 6. The zero-order chi connectivity index (χ0) is 26.1. The molecular formula is C27H24ClN3O5. The molecule has 0 heterocycles. The first-order valence-corrected chi connectivity index (χ1v) is 11.3. The lowest BCUT2D eigenvalue weighted by Crippen LogP contribution is -2.20. The van der Waals surface area contributed by atoms with E-state index in [9.17, 15) is 20.0 Å². The summed E-state index contributed by atoms with van der Waals surface area (Å²) in [4.78, 5) is 24.8. The van der Waals surface area contributed by atoms with Crippen LogP contribution >= 0.6 is 11.6 Å². The zero-order valence-electron chi connectivity index (χ0n) is 19.7. The average molecular weight is 506 g/mol. The molecular weight excluding hydrogens is 482 g/mol. The summed E-state index contributed by atoms with van der Waals surface area (Å²) in [6, 6.07) is 17.8. The molecule has 0 radical (unpaired) electrons. The normalized spacial score (nSPS) is 10.8. The molecule has 36 heavy (non-hydrogen) atoms. The average Bonchev–Trinajstić information content (AvgIpc) is 2.85. The summed E-state index contributed by atoms with van der Waals surface area (Å²) in [5.74, 6) is -0.230. The van der Waals surface area contributed by atoms with Gasteiger partial charge in [-0.25, -0.2) is 0 Å². The molecule has 0 unspecified atom stereocenters. The minimum absolute atomic E-state index is 0.0619. The molecule has 3 aromatic carbocycles. The fourth-order valence-corrected chi connectivity index (χ4v) is 3.25.